The highest BCUT2D eigenvalue weighted by Crippen LogP contribution is 2.09. The molecule has 0 aromatic rings. The highest BCUT2D eigenvalue weighted by atomic mass is 16.5. The summed E-state index contributed by atoms with van der Waals surface area (Å²) in [7, 11) is 2.90. The standard InChI is InChI=1S/C16H31NO5/c1-4-5-6-7-8-9-10-14(16(19)21-3)17-15(18)13-22-12-11-20-2/h14H,4-13H2,1-3H3,(H,17,18)/t14-/m1/s1. The summed E-state index contributed by atoms with van der Waals surface area (Å²) in [6.07, 6.45) is 7.40. The van der Waals surface area contributed by atoms with Crippen LogP contribution in [0.1, 0.15) is 51.9 Å². The second-order valence-corrected chi connectivity index (χ2v) is 5.25. The molecule has 0 saturated heterocycles. The van der Waals surface area contributed by atoms with Gasteiger partial charge in [-0.1, -0.05) is 45.4 Å². The van der Waals surface area contributed by atoms with E-state index in [4.69, 9.17) is 14.2 Å². The maximum absolute atomic E-state index is 11.7. The molecular weight excluding hydrogens is 286 g/mol. The molecule has 22 heavy (non-hydrogen) atoms. The summed E-state index contributed by atoms with van der Waals surface area (Å²) in [4.78, 5) is 23.4. The van der Waals surface area contributed by atoms with E-state index < -0.39 is 12.0 Å². The molecule has 1 amide bonds. The second-order valence-electron chi connectivity index (χ2n) is 5.25. The molecule has 130 valence electrons. The predicted octanol–water partition coefficient (Wildman–Crippen LogP) is 2.06. The van der Waals surface area contributed by atoms with E-state index in [1.807, 2.05) is 0 Å². The average molecular weight is 317 g/mol. The fourth-order valence-corrected chi connectivity index (χ4v) is 2.06. The Hall–Kier alpha value is -1.14. The number of esters is 1. The Kier molecular flexibility index (Phi) is 14.0. The summed E-state index contributed by atoms with van der Waals surface area (Å²) in [5.41, 5.74) is 0. The van der Waals surface area contributed by atoms with Crippen molar-refractivity contribution >= 4 is 11.9 Å². The van der Waals surface area contributed by atoms with E-state index in [0.717, 1.165) is 19.3 Å². The predicted molar refractivity (Wildman–Crippen MR) is 84.6 cm³/mol. The molecule has 6 nitrogen and oxygen atoms in total. The minimum atomic E-state index is -0.588. The topological polar surface area (TPSA) is 73.9 Å². The molecule has 0 aromatic heterocycles. The lowest BCUT2D eigenvalue weighted by atomic mass is 10.1. The molecule has 0 heterocycles. The van der Waals surface area contributed by atoms with Gasteiger partial charge in [-0.3, -0.25) is 4.79 Å². The van der Waals surface area contributed by atoms with Gasteiger partial charge < -0.3 is 19.5 Å². The Labute approximate surface area is 133 Å². The summed E-state index contributed by atoms with van der Waals surface area (Å²) in [5, 5.41) is 2.67. The fourth-order valence-electron chi connectivity index (χ4n) is 2.06. The number of hydrogen-bond donors (Lipinski definition) is 1. The van der Waals surface area contributed by atoms with Gasteiger partial charge >= 0.3 is 5.97 Å². The van der Waals surface area contributed by atoms with Crippen LogP contribution >= 0.6 is 0 Å². The first kappa shape index (κ1) is 20.9. The van der Waals surface area contributed by atoms with Crippen molar-refractivity contribution in [1.82, 2.24) is 5.32 Å². The molecule has 0 aliphatic carbocycles. The van der Waals surface area contributed by atoms with E-state index >= 15 is 0 Å². The molecule has 1 N–H and O–H groups in total. The van der Waals surface area contributed by atoms with Crippen LogP contribution in [0.15, 0.2) is 0 Å². The number of carbonyl (C=O) groups is 2. The third kappa shape index (κ3) is 11.5. The van der Waals surface area contributed by atoms with E-state index in [9.17, 15) is 9.59 Å². The van der Waals surface area contributed by atoms with Crippen LogP contribution in [0.3, 0.4) is 0 Å². The van der Waals surface area contributed by atoms with E-state index in [0.29, 0.717) is 19.6 Å². The SMILES string of the molecule is CCCCCCCC[C@@H](NC(=O)COCCOC)C(=O)OC. The lowest BCUT2D eigenvalue weighted by molar-refractivity contribution is -0.146. The van der Waals surface area contributed by atoms with Crippen molar-refractivity contribution in [2.75, 3.05) is 34.0 Å². The Morgan fingerprint density at radius 1 is 1.00 bits per heavy atom. The van der Waals surface area contributed by atoms with Gasteiger partial charge in [-0.05, 0) is 6.42 Å². The van der Waals surface area contributed by atoms with Crippen molar-refractivity contribution in [3.8, 4) is 0 Å². The van der Waals surface area contributed by atoms with Crippen molar-refractivity contribution in [3.63, 3.8) is 0 Å². The van der Waals surface area contributed by atoms with Gasteiger partial charge in [0.05, 0.1) is 20.3 Å². The number of ether oxygens (including phenoxy) is 3. The number of methoxy groups -OCH3 is 2. The molecule has 0 rings (SSSR count). The Morgan fingerprint density at radius 2 is 1.68 bits per heavy atom. The zero-order valence-corrected chi connectivity index (χ0v) is 14.2. The molecule has 0 aromatic carbocycles. The summed E-state index contributed by atoms with van der Waals surface area (Å²) >= 11 is 0. The van der Waals surface area contributed by atoms with Gasteiger partial charge in [-0.2, -0.15) is 0 Å². The maximum Gasteiger partial charge on any atom is 0.328 e. The molecule has 0 aliphatic heterocycles. The third-order valence-corrected chi connectivity index (χ3v) is 3.33. The molecule has 0 aliphatic rings. The van der Waals surface area contributed by atoms with Gasteiger partial charge in [0.2, 0.25) is 5.91 Å². The first-order valence-corrected chi connectivity index (χ1v) is 8.09. The molecule has 0 bridgehead atoms. The smallest absolute Gasteiger partial charge is 0.328 e. The van der Waals surface area contributed by atoms with E-state index in [1.54, 1.807) is 7.11 Å². The van der Waals surface area contributed by atoms with Crippen LogP contribution in [0.4, 0.5) is 0 Å². The molecule has 1 atom stereocenters. The summed E-state index contributed by atoms with van der Waals surface area (Å²) < 4.78 is 14.7. The summed E-state index contributed by atoms with van der Waals surface area (Å²) in [6, 6.07) is -0.588. The number of rotatable bonds is 14. The zero-order chi connectivity index (χ0) is 16.6. The van der Waals surface area contributed by atoms with Gasteiger partial charge in [-0.25, -0.2) is 4.79 Å². The van der Waals surface area contributed by atoms with Crippen LogP contribution in [-0.2, 0) is 23.8 Å². The van der Waals surface area contributed by atoms with E-state index in [1.165, 1.54) is 26.4 Å². The highest BCUT2D eigenvalue weighted by Gasteiger charge is 2.20. The lowest BCUT2D eigenvalue weighted by Gasteiger charge is -2.16. The van der Waals surface area contributed by atoms with Gasteiger partial charge in [0.15, 0.2) is 0 Å². The van der Waals surface area contributed by atoms with Gasteiger partial charge in [0, 0.05) is 7.11 Å². The quantitative estimate of drug-likeness (QED) is 0.392. The van der Waals surface area contributed by atoms with Crippen LogP contribution in [0, 0.1) is 0 Å². The summed E-state index contributed by atoms with van der Waals surface area (Å²) in [6.45, 7) is 2.89. The number of amides is 1. The summed E-state index contributed by atoms with van der Waals surface area (Å²) in [5.74, 6) is -0.712. The molecule has 0 radical (unpaired) electrons. The van der Waals surface area contributed by atoms with Crippen molar-refractivity contribution in [1.29, 1.82) is 0 Å². The normalized spacial score (nSPS) is 12.0. The molecule has 0 unspecified atom stereocenters. The first-order chi connectivity index (χ1) is 10.7. The largest absolute Gasteiger partial charge is 0.467 e. The minimum Gasteiger partial charge on any atom is -0.467 e. The number of nitrogens with one attached hydrogen (secondary N) is 1. The average Bonchev–Trinajstić information content (AvgIpc) is 2.53. The Morgan fingerprint density at radius 3 is 2.32 bits per heavy atom. The van der Waals surface area contributed by atoms with Gasteiger partial charge in [0.25, 0.3) is 0 Å². The number of unbranched alkanes of at least 4 members (excludes halogenated alkanes) is 5. The van der Waals surface area contributed by atoms with Crippen molar-refractivity contribution in [2.45, 2.75) is 57.9 Å². The molecule has 6 heteroatoms. The van der Waals surface area contributed by atoms with Crippen LogP contribution < -0.4 is 5.32 Å². The third-order valence-electron chi connectivity index (χ3n) is 3.33. The Bertz CT molecular complexity index is 296. The van der Waals surface area contributed by atoms with Gasteiger partial charge in [-0.15, -0.1) is 0 Å². The molecular formula is C16H31NO5. The second kappa shape index (κ2) is 14.8. The first-order valence-electron chi connectivity index (χ1n) is 8.09. The van der Waals surface area contributed by atoms with Crippen LogP contribution in [0.5, 0.6) is 0 Å². The van der Waals surface area contributed by atoms with Crippen molar-refractivity contribution < 1.29 is 23.8 Å². The van der Waals surface area contributed by atoms with E-state index in [2.05, 4.69) is 12.2 Å². The monoisotopic (exact) mass is 317 g/mol. The zero-order valence-electron chi connectivity index (χ0n) is 14.2. The highest BCUT2D eigenvalue weighted by molar-refractivity contribution is 5.84. The van der Waals surface area contributed by atoms with Crippen molar-refractivity contribution in [3.05, 3.63) is 0 Å². The maximum atomic E-state index is 11.7. The van der Waals surface area contributed by atoms with Crippen LogP contribution in [0.2, 0.25) is 0 Å². The fraction of sp³-hybridized carbons (Fsp3) is 0.875. The van der Waals surface area contributed by atoms with Crippen LogP contribution in [-0.4, -0.2) is 52.0 Å². The van der Waals surface area contributed by atoms with Gasteiger partial charge in [0.1, 0.15) is 12.6 Å². The van der Waals surface area contributed by atoms with Crippen molar-refractivity contribution in [2.24, 2.45) is 0 Å². The number of hydrogen-bond acceptors (Lipinski definition) is 5. The molecule has 0 spiro atoms. The number of carbonyl (C=O) groups excluding carboxylic acids is 2. The molecule has 0 fully saturated rings. The lowest BCUT2D eigenvalue weighted by Crippen LogP contribution is -2.43. The van der Waals surface area contributed by atoms with E-state index in [-0.39, 0.29) is 12.5 Å². The molecule has 0 saturated carbocycles. The Balaban J connectivity index is 3.96. The minimum absolute atomic E-state index is 0.0760. The van der Waals surface area contributed by atoms with Crippen LogP contribution in [0.25, 0.3) is 0 Å².